The maximum absolute atomic E-state index is 11.7. The van der Waals surface area contributed by atoms with Crippen molar-refractivity contribution in [3.63, 3.8) is 0 Å². The first-order valence-electron chi connectivity index (χ1n) is 5.12. The lowest BCUT2D eigenvalue weighted by molar-refractivity contribution is -0.126. The molecule has 2 N–H and O–H groups in total. The van der Waals surface area contributed by atoms with Gasteiger partial charge in [-0.25, -0.2) is 0 Å². The maximum atomic E-state index is 11.7. The van der Waals surface area contributed by atoms with Crippen LogP contribution in [0.3, 0.4) is 0 Å². The molecule has 1 heterocycles. The normalized spacial score (nSPS) is 22.8. The molecule has 1 atom stereocenters. The molecule has 14 heavy (non-hydrogen) atoms. The van der Waals surface area contributed by atoms with Gasteiger partial charge in [-0.05, 0) is 33.6 Å². The summed E-state index contributed by atoms with van der Waals surface area (Å²) < 4.78 is 0. The van der Waals surface area contributed by atoms with Crippen molar-refractivity contribution in [1.82, 2.24) is 10.6 Å². The summed E-state index contributed by atoms with van der Waals surface area (Å²) >= 11 is 0. The number of hydrogen-bond acceptors (Lipinski definition) is 2. The van der Waals surface area contributed by atoms with E-state index < -0.39 is 0 Å². The summed E-state index contributed by atoms with van der Waals surface area (Å²) in [6.45, 7) is 10.6. The molecule has 0 spiro atoms. The smallest absolute Gasteiger partial charge is 0.225 e. The van der Waals surface area contributed by atoms with E-state index >= 15 is 0 Å². The van der Waals surface area contributed by atoms with Crippen molar-refractivity contribution in [2.24, 2.45) is 5.92 Å². The first-order valence-corrected chi connectivity index (χ1v) is 5.12. The molecule has 1 rings (SSSR count). The molecule has 0 aromatic heterocycles. The topological polar surface area (TPSA) is 41.1 Å². The molecule has 1 aliphatic rings. The van der Waals surface area contributed by atoms with Crippen LogP contribution in [-0.4, -0.2) is 18.0 Å². The molecule has 1 aliphatic heterocycles. The number of amides is 1. The van der Waals surface area contributed by atoms with Gasteiger partial charge >= 0.3 is 0 Å². The second-order valence-corrected chi connectivity index (χ2v) is 4.96. The van der Waals surface area contributed by atoms with Crippen LogP contribution >= 0.6 is 0 Å². The molecule has 0 aliphatic carbocycles. The molecular formula is C11H20N2O. The molecule has 1 amide bonds. The Hall–Kier alpha value is -0.990. The lowest BCUT2D eigenvalue weighted by atomic mass is 9.96. The highest BCUT2D eigenvalue weighted by Gasteiger charge is 2.25. The summed E-state index contributed by atoms with van der Waals surface area (Å²) in [4.78, 5) is 11.7. The molecule has 0 radical (unpaired) electrons. The minimum Gasteiger partial charge on any atom is -0.388 e. The second-order valence-electron chi connectivity index (χ2n) is 4.96. The first-order chi connectivity index (χ1) is 6.38. The molecule has 0 aromatic rings. The van der Waals surface area contributed by atoms with E-state index in [1.54, 1.807) is 0 Å². The van der Waals surface area contributed by atoms with E-state index in [-0.39, 0.29) is 17.4 Å². The van der Waals surface area contributed by atoms with Crippen LogP contribution in [0.15, 0.2) is 12.3 Å². The average molecular weight is 196 g/mol. The average Bonchev–Trinajstić information content (AvgIpc) is 2.02. The van der Waals surface area contributed by atoms with E-state index in [4.69, 9.17) is 0 Å². The van der Waals surface area contributed by atoms with Crippen molar-refractivity contribution in [2.45, 2.75) is 39.2 Å². The molecule has 1 fully saturated rings. The van der Waals surface area contributed by atoms with Gasteiger partial charge in [-0.2, -0.15) is 0 Å². The summed E-state index contributed by atoms with van der Waals surface area (Å²) in [5, 5.41) is 6.14. The number of hydrogen-bond donors (Lipinski definition) is 2. The summed E-state index contributed by atoms with van der Waals surface area (Å²) in [6.07, 6.45) is 1.82. The van der Waals surface area contributed by atoms with Gasteiger partial charge in [0.2, 0.25) is 5.91 Å². The SMILES string of the molecule is C=C1CCC(C(=O)NC(C)(C)C)CN1. The predicted octanol–water partition coefficient (Wildman–Crippen LogP) is 1.41. The Morgan fingerprint density at radius 1 is 1.57 bits per heavy atom. The Kier molecular flexibility index (Phi) is 3.19. The molecule has 3 heteroatoms. The van der Waals surface area contributed by atoms with Crippen LogP contribution in [0.5, 0.6) is 0 Å². The van der Waals surface area contributed by atoms with E-state index in [9.17, 15) is 4.79 Å². The second kappa shape index (κ2) is 4.03. The maximum Gasteiger partial charge on any atom is 0.225 e. The van der Waals surface area contributed by atoms with E-state index in [0.717, 1.165) is 25.1 Å². The van der Waals surface area contributed by atoms with Crippen molar-refractivity contribution in [1.29, 1.82) is 0 Å². The molecular weight excluding hydrogens is 176 g/mol. The van der Waals surface area contributed by atoms with Crippen molar-refractivity contribution in [3.8, 4) is 0 Å². The van der Waals surface area contributed by atoms with E-state index in [2.05, 4.69) is 17.2 Å². The van der Waals surface area contributed by atoms with Gasteiger partial charge in [0.05, 0.1) is 5.92 Å². The van der Waals surface area contributed by atoms with Crippen LogP contribution in [0.25, 0.3) is 0 Å². The van der Waals surface area contributed by atoms with Gasteiger partial charge < -0.3 is 10.6 Å². The fourth-order valence-corrected chi connectivity index (χ4v) is 1.50. The van der Waals surface area contributed by atoms with Gasteiger partial charge in [-0.1, -0.05) is 6.58 Å². The van der Waals surface area contributed by atoms with E-state index in [1.807, 2.05) is 20.8 Å². The minimum atomic E-state index is -0.133. The standard InChI is InChI=1S/C11H20N2O/c1-8-5-6-9(7-12-8)10(14)13-11(2,3)4/h9,12H,1,5-7H2,2-4H3,(H,13,14). The zero-order valence-corrected chi connectivity index (χ0v) is 9.31. The van der Waals surface area contributed by atoms with Gasteiger partial charge in [0.25, 0.3) is 0 Å². The lowest BCUT2D eigenvalue weighted by Crippen LogP contribution is -2.47. The summed E-state index contributed by atoms with van der Waals surface area (Å²) in [7, 11) is 0. The zero-order valence-electron chi connectivity index (χ0n) is 9.31. The Morgan fingerprint density at radius 2 is 2.21 bits per heavy atom. The third-order valence-electron chi connectivity index (χ3n) is 2.26. The van der Waals surface area contributed by atoms with Crippen molar-refractivity contribution in [2.75, 3.05) is 6.54 Å². The molecule has 0 bridgehead atoms. The number of piperidine rings is 1. The highest BCUT2D eigenvalue weighted by atomic mass is 16.2. The number of carbonyl (C=O) groups excluding carboxylic acids is 1. The van der Waals surface area contributed by atoms with Gasteiger partial charge in [-0.3, -0.25) is 4.79 Å². The van der Waals surface area contributed by atoms with Gasteiger partial charge in [-0.15, -0.1) is 0 Å². The van der Waals surface area contributed by atoms with Gasteiger partial charge in [0.1, 0.15) is 0 Å². The number of rotatable bonds is 1. The van der Waals surface area contributed by atoms with Crippen LogP contribution in [0, 0.1) is 5.92 Å². The summed E-state index contributed by atoms with van der Waals surface area (Å²) in [6, 6.07) is 0. The van der Waals surface area contributed by atoms with Crippen LogP contribution in [0.1, 0.15) is 33.6 Å². The number of carbonyl (C=O) groups is 1. The summed E-state index contributed by atoms with van der Waals surface area (Å²) in [5.41, 5.74) is 0.913. The third kappa shape index (κ3) is 3.40. The fourth-order valence-electron chi connectivity index (χ4n) is 1.50. The monoisotopic (exact) mass is 196 g/mol. The van der Waals surface area contributed by atoms with Crippen molar-refractivity contribution >= 4 is 5.91 Å². The Labute approximate surface area is 86.0 Å². The molecule has 1 saturated heterocycles. The summed E-state index contributed by atoms with van der Waals surface area (Å²) in [5.74, 6) is 0.247. The Bertz CT molecular complexity index is 230. The predicted molar refractivity (Wildman–Crippen MR) is 57.8 cm³/mol. The lowest BCUT2D eigenvalue weighted by Gasteiger charge is -2.28. The Balaban J connectivity index is 2.42. The highest BCUT2D eigenvalue weighted by molar-refractivity contribution is 5.79. The third-order valence-corrected chi connectivity index (χ3v) is 2.26. The van der Waals surface area contributed by atoms with Crippen LogP contribution in [-0.2, 0) is 4.79 Å². The molecule has 3 nitrogen and oxygen atoms in total. The minimum absolute atomic E-state index is 0.0970. The van der Waals surface area contributed by atoms with Crippen molar-refractivity contribution in [3.05, 3.63) is 12.3 Å². The van der Waals surface area contributed by atoms with Crippen molar-refractivity contribution < 1.29 is 4.79 Å². The zero-order chi connectivity index (χ0) is 10.8. The molecule has 0 saturated carbocycles. The number of allylic oxidation sites excluding steroid dienone is 1. The number of nitrogens with one attached hydrogen (secondary N) is 2. The largest absolute Gasteiger partial charge is 0.388 e. The highest BCUT2D eigenvalue weighted by Crippen LogP contribution is 2.16. The Morgan fingerprint density at radius 3 is 2.64 bits per heavy atom. The first kappa shape index (κ1) is 11.1. The quantitative estimate of drug-likeness (QED) is 0.666. The van der Waals surface area contributed by atoms with Gasteiger partial charge in [0.15, 0.2) is 0 Å². The van der Waals surface area contributed by atoms with Crippen LogP contribution in [0.4, 0.5) is 0 Å². The fraction of sp³-hybridized carbons (Fsp3) is 0.727. The van der Waals surface area contributed by atoms with Gasteiger partial charge in [0, 0.05) is 17.8 Å². The van der Waals surface area contributed by atoms with Crippen LogP contribution < -0.4 is 10.6 Å². The molecule has 80 valence electrons. The molecule has 1 unspecified atom stereocenters. The van der Waals surface area contributed by atoms with E-state index in [0.29, 0.717) is 0 Å². The van der Waals surface area contributed by atoms with E-state index in [1.165, 1.54) is 0 Å². The molecule has 0 aromatic carbocycles. The van der Waals surface area contributed by atoms with Crippen LogP contribution in [0.2, 0.25) is 0 Å².